The van der Waals surface area contributed by atoms with Crippen molar-refractivity contribution < 1.29 is 14.3 Å². The van der Waals surface area contributed by atoms with Gasteiger partial charge in [-0.2, -0.15) is 0 Å². The first-order chi connectivity index (χ1) is 12.9. The predicted octanol–water partition coefficient (Wildman–Crippen LogP) is 3.40. The van der Waals surface area contributed by atoms with Crippen LogP contribution in [0.1, 0.15) is 0 Å². The molecular formula is C17H16ClN3O4S2. The summed E-state index contributed by atoms with van der Waals surface area (Å²) in [6.45, 7) is 0. The van der Waals surface area contributed by atoms with Crippen LogP contribution < -0.4 is 20.3 Å². The zero-order valence-corrected chi connectivity index (χ0v) is 17.1. The molecule has 0 aliphatic heterocycles. The van der Waals surface area contributed by atoms with E-state index in [-0.39, 0.29) is 17.2 Å². The maximum Gasteiger partial charge on any atom is 0.262 e. The van der Waals surface area contributed by atoms with E-state index in [0.29, 0.717) is 37.6 Å². The molecule has 1 N–H and O–H groups in total. The first-order valence-electron chi connectivity index (χ1n) is 7.73. The molecular weight excluding hydrogens is 410 g/mol. The first kappa shape index (κ1) is 19.5. The van der Waals surface area contributed by atoms with Crippen molar-refractivity contribution in [3.8, 4) is 11.5 Å². The van der Waals surface area contributed by atoms with Gasteiger partial charge in [-0.15, -0.1) is 11.3 Å². The van der Waals surface area contributed by atoms with Crippen molar-refractivity contribution in [1.82, 2.24) is 9.55 Å². The van der Waals surface area contributed by atoms with Gasteiger partial charge in [-0.05, 0) is 17.5 Å². The van der Waals surface area contributed by atoms with Crippen LogP contribution in [-0.4, -0.2) is 35.4 Å². The van der Waals surface area contributed by atoms with Crippen LogP contribution in [0.2, 0.25) is 5.02 Å². The second-order valence-electron chi connectivity index (χ2n) is 5.42. The van der Waals surface area contributed by atoms with Crippen molar-refractivity contribution in [3.63, 3.8) is 0 Å². The van der Waals surface area contributed by atoms with Crippen LogP contribution in [0.4, 0.5) is 5.69 Å². The van der Waals surface area contributed by atoms with Crippen LogP contribution in [0.5, 0.6) is 11.5 Å². The number of fused-ring (bicyclic) bond motifs is 1. The number of amides is 1. The number of nitrogens with zero attached hydrogens (tertiary/aromatic N) is 2. The van der Waals surface area contributed by atoms with Crippen LogP contribution in [-0.2, 0) is 11.8 Å². The number of methoxy groups -OCH3 is 2. The topological polar surface area (TPSA) is 82.5 Å². The third-order valence-electron chi connectivity index (χ3n) is 3.74. The number of hydrogen-bond donors (Lipinski definition) is 1. The summed E-state index contributed by atoms with van der Waals surface area (Å²) in [6.07, 6.45) is 0. The van der Waals surface area contributed by atoms with Gasteiger partial charge in [0.2, 0.25) is 5.91 Å². The van der Waals surface area contributed by atoms with E-state index in [1.807, 2.05) is 5.38 Å². The van der Waals surface area contributed by atoms with Crippen LogP contribution in [0.25, 0.3) is 10.2 Å². The number of thioether (sulfide) groups is 1. The zero-order chi connectivity index (χ0) is 19.6. The van der Waals surface area contributed by atoms with E-state index in [4.69, 9.17) is 21.1 Å². The third-order valence-corrected chi connectivity index (χ3v) is 5.88. The molecule has 0 fully saturated rings. The number of carbonyl (C=O) groups is 1. The number of thiophene rings is 1. The number of hydrogen-bond acceptors (Lipinski definition) is 7. The lowest BCUT2D eigenvalue weighted by Gasteiger charge is -2.13. The maximum atomic E-state index is 12.4. The molecule has 0 aliphatic carbocycles. The molecule has 0 bridgehead atoms. The molecule has 27 heavy (non-hydrogen) atoms. The number of nitrogens with one attached hydrogen (secondary N) is 1. The lowest BCUT2D eigenvalue weighted by molar-refractivity contribution is -0.113. The molecule has 10 heteroatoms. The molecule has 142 valence electrons. The highest BCUT2D eigenvalue weighted by Gasteiger charge is 2.15. The lowest BCUT2D eigenvalue weighted by atomic mass is 10.2. The van der Waals surface area contributed by atoms with Crippen LogP contribution in [0.15, 0.2) is 33.5 Å². The highest BCUT2D eigenvalue weighted by Crippen LogP contribution is 2.36. The number of anilines is 1. The molecule has 7 nitrogen and oxygen atoms in total. The summed E-state index contributed by atoms with van der Waals surface area (Å²) in [5, 5.41) is 5.98. The molecule has 0 radical (unpaired) electrons. The number of ether oxygens (including phenoxy) is 2. The second kappa shape index (κ2) is 8.20. The smallest absolute Gasteiger partial charge is 0.262 e. The monoisotopic (exact) mass is 425 g/mol. The van der Waals surface area contributed by atoms with Gasteiger partial charge in [0, 0.05) is 13.1 Å². The van der Waals surface area contributed by atoms with E-state index < -0.39 is 0 Å². The quantitative estimate of drug-likeness (QED) is 0.481. The van der Waals surface area contributed by atoms with Crippen molar-refractivity contribution in [2.24, 2.45) is 7.05 Å². The van der Waals surface area contributed by atoms with E-state index in [9.17, 15) is 9.59 Å². The summed E-state index contributed by atoms with van der Waals surface area (Å²) in [7, 11) is 4.62. The molecule has 0 saturated carbocycles. The van der Waals surface area contributed by atoms with E-state index in [0.717, 1.165) is 0 Å². The number of carbonyl (C=O) groups excluding carboxylic acids is 1. The van der Waals surface area contributed by atoms with Crippen LogP contribution >= 0.6 is 34.7 Å². The second-order valence-corrected chi connectivity index (χ2v) is 7.67. The Labute approximate surface area is 168 Å². The molecule has 0 unspecified atom stereocenters. The number of benzene rings is 1. The van der Waals surface area contributed by atoms with Crippen LogP contribution in [0, 0.1) is 0 Å². The summed E-state index contributed by atoms with van der Waals surface area (Å²) in [5.41, 5.74) is 0.303. The minimum absolute atomic E-state index is 0.0734. The van der Waals surface area contributed by atoms with Crippen molar-refractivity contribution >= 4 is 56.5 Å². The molecule has 0 atom stereocenters. The highest BCUT2D eigenvalue weighted by atomic mass is 35.5. The summed E-state index contributed by atoms with van der Waals surface area (Å²) in [6, 6.07) is 4.91. The highest BCUT2D eigenvalue weighted by molar-refractivity contribution is 7.99. The maximum absolute atomic E-state index is 12.4. The SMILES string of the molecule is COc1cc(OC)c(NC(=O)CSc2nc3sccc3c(=O)n2C)cc1Cl. The van der Waals surface area contributed by atoms with Crippen molar-refractivity contribution in [3.05, 3.63) is 39.0 Å². The molecule has 2 aromatic heterocycles. The molecule has 2 heterocycles. The Hall–Kier alpha value is -2.23. The Morgan fingerprint density at radius 1 is 1.33 bits per heavy atom. The van der Waals surface area contributed by atoms with Gasteiger partial charge in [0.25, 0.3) is 5.56 Å². The van der Waals surface area contributed by atoms with Gasteiger partial charge in [-0.3, -0.25) is 14.2 Å². The molecule has 3 aromatic rings. The average molecular weight is 426 g/mol. The van der Waals surface area contributed by atoms with Crippen molar-refractivity contribution in [2.75, 3.05) is 25.3 Å². The Kier molecular flexibility index (Phi) is 5.93. The van der Waals surface area contributed by atoms with Gasteiger partial charge in [-0.1, -0.05) is 23.4 Å². The lowest BCUT2D eigenvalue weighted by Crippen LogP contribution is -2.21. The molecule has 1 aromatic carbocycles. The minimum Gasteiger partial charge on any atom is -0.495 e. The van der Waals surface area contributed by atoms with E-state index >= 15 is 0 Å². The average Bonchev–Trinajstić information content (AvgIpc) is 3.12. The van der Waals surface area contributed by atoms with E-state index in [2.05, 4.69) is 10.3 Å². The number of rotatable bonds is 6. The minimum atomic E-state index is -0.278. The Bertz CT molecular complexity index is 1060. The van der Waals surface area contributed by atoms with Gasteiger partial charge in [0.15, 0.2) is 5.16 Å². The first-order valence-corrected chi connectivity index (χ1v) is 9.97. The van der Waals surface area contributed by atoms with Gasteiger partial charge in [0.05, 0.1) is 36.1 Å². The number of halogens is 1. The summed E-state index contributed by atoms with van der Waals surface area (Å²) < 4.78 is 11.8. The molecule has 3 rings (SSSR count). The standard InChI is InChI=1S/C17H16ClN3O4S2/c1-21-16(23)9-4-5-26-15(9)20-17(21)27-8-14(22)19-11-6-10(18)12(24-2)7-13(11)25-3/h4-7H,8H2,1-3H3,(H,19,22). The van der Waals surface area contributed by atoms with Gasteiger partial charge in [0.1, 0.15) is 16.3 Å². The molecule has 0 spiro atoms. The molecule has 0 saturated heterocycles. The van der Waals surface area contributed by atoms with Gasteiger partial charge < -0.3 is 14.8 Å². The summed E-state index contributed by atoms with van der Waals surface area (Å²) >= 11 is 8.68. The van der Waals surface area contributed by atoms with Crippen molar-refractivity contribution in [1.29, 1.82) is 0 Å². The Balaban J connectivity index is 1.75. The van der Waals surface area contributed by atoms with Crippen molar-refractivity contribution in [2.45, 2.75) is 5.16 Å². The largest absolute Gasteiger partial charge is 0.495 e. The fourth-order valence-corrected chi connectivity index (χ4v) is 4.20. The van der Waals surface area contributed by atoms with Gasteiger partial charge in [-0.25, -0.2) is 4.98 Å². The Morgan fingerprint density at radius 2 is 2.07 bits per heavy atom. The van der Waals surface area contributed by atoms with E-state index in [1.54, 1.807) is 25.2 Å². The summed E-state index contributed by atoms with van der Waals surface area (Å²) in [4.78, 5) is 29.8. The van der Waals surface area contributed by atoms with E-state index in [1.165, 1.54) is 41.9 Å². The summed E-state index contributed by atoms with van der Waals surface area (Å²) in [5.74, 6) is 0.675. The zero-order valence-electron chi connectivity index (χ0n) is 14.7. The fraction of sp³-hybridized carbons (Fsp3) is 0.235. The van der Waals surface area contributed by atoms with Crippen LogP contribution in [0.3, 0.4) is 0 Å². The number of aromatic nitrogens is 2. The van der Waals surface area contributed by atoms with Gasteiger partial charge >= 0.3 is 0 Å². The molecule has 0 aliphatic rings. The molecule has 1 amide bonds. The fourth-order valence-electron chi connectivity index (χ4n) is 2.38. The predicted molar refractivity (Wildman–Crippen MR) is 109 cm³/mol. The Morgan fingerprint density at radius 3 is 2.78 bits per heavy atom. The third kappa shape index (κ3) is 4.05. The normalized spacial score (nSPS) is 10.8.